The van der Waals surface area contributed by atoms with E-state index in [0.717, 1.165) is 22.3 Å². The van der Waals surface area contributed by atoms with Gasteiger partial charge >= 0.3 is 6.18 Å². The van der Waals surface area contributed by atoms with Crippen LogP contribution in [0, 0.1) is 0 Å². The van der Waals surface area contributed by atoms with Crippen molar-refractivity contribution in [3.05, 3.63) is 58.2 Å². The van der Waals surface area contributed by atoms with Gasteiger partial charge in [-0.3, -0.25) is 5.43 Å². The summed E-state index contributed by atoms with van der Waals surface area (Å²) in [6.07, 6.45) is -2.07. The Bertz CT molecular complexity index is 592. The van der Waals surface area contributed by atoms with Gasteiger partial charge in [0, 0.05) is 10.7 Å². The number of rotatable bonds is 3. The lowest BCUT2D eigenvalue weighted by atomic mass is 10.2. The van der Waals surface area contributed by atoms with Crippen LogP contribution in [-0.2, 0) is 6.18 Å². The zero-order chi connectivity index (χ0) is 14.6. The number of hydrogen-bond acceptors (Lipinski definition) is 3. The second-order valence-electron chi connectivity index (χ2n) is 3.85. The number of nitrogens with zero attached hydrogens (tertiary/aromatic N) is 2. The van der Waals surface area contributed by atoms with Crippen LogP contribution < -0.4 is 5.43 Å². The van der Waals surface area contributed by atoms with Crippen molar-refractivity contribution in [1.29, 1.82) is 0 Å². The molecule has 1 heterocycles. The quantitative estimate of drug-likeness (QED) is 0.666. The van der Waals surface area contributed by atoms with Crippen LogP contribution in [0.25, 0.3) is 0 Å². The van der Waals surface area contributed by atoms with Gasteiger partial charge in [0.1, 0.15) is 5.82 Å². The third-order valence-electron chi connectivity index (χ3n) is 2.35. The summed E-state index contributed by atoms with van der Waals surface area (Å²) in [5.74, 6) is 0.242. The third-order valence-corrected chi connectivity index (χ3v) is 2.88. The third kappa shape index (κ3) is 4.06. The van der Waals surface area contributed by atoms with Gasteiger partial charge in [-0.1, -0.05) is 28.1 Å². The molecule has 1 aromatic heterocycles. The van der Waals surface area contributed by atoms with E-state index >= 15 is 0 Å². The Morgan fingerprint density at radius 3 is 2.35 bits per heavy atom. The van der Waals surface area contributed by atoms with E-state index in [2.05, 4.69) is 31.4 Å². The Morgan fingerprint density at radius 1 is 1.10 bits per heavy atom. The molecule has 104 valence electrons. The summed E-state index contributed by atoms with van der Waals surface area (Å²) < 4.78 is 37.9. The predicted octanol–water partition coefficient (Wildman–Crippen LogP) is 4.31. The van der Waals surface area contributed by atoms with Crippen LogP contribution in [0.1, 0.15) is 11.1 Å². The Labute approximate surface area is 121 Å². The fourth-order valence-electron chi connectivity index (χ4n) is 1.35. The van der Waals surface area contributed by atoms with Crippen LogP contribution in [0.5, 0.6) is 0 Å². The lowest BCUT2D eigenvalue weighted by molar-refractivity contribution is -0.137. The number of halogens is 4. The lowest BCUT2D eigenvalue weighted by Crippen LogP contribution is -2.05. The number of aromatic nitrogens is 1. The minimum absolute atomic E-state index is 0.242. The molecule has 20 heavy (non-hydrogen) atoms. The Morgan fingerprint density at radius 2 is 1.80 bits per heavy atom. The molecule has 0 aliphatic rings. The van der Waals surface area contributed by atoms with Crippen molar-refractivity contribution in [1.82, 2.24) is 4.98 Å². The molecule has 0 amide bonds. The molecule has 7 heteroatoms. The van der Waals surface area contributed by atoms with Crippen molar-refractivity contribution < 1.29 is 13.2 Å². The number of nitrogens with one attached hydrogen (secondary N) is 1. The minimum Gasteiger partial charge on any atom is -0.261 e. The van der Waals surface area contributed by atoms with Gasteiger partial charge in [0.15, 0.2) is 0 Å². The summed E-state index contributed by atoms with van der Waals surface area (Å²) in [5.41, 5.74) is 2.63. The molecule has 1 aromatic carbocycles. The lowest BCUT2D eigenvalue weighted by Gasteiger charge is -2.06. The number of hydrazone groups is 1. The van der Waals surface area contributed by atoms with Crippen molar-refractivity contribution in [3.8, 4) is 0 Å². The van der Waals surface area contributed by atoms with Gasteiger partial charge in [0.25, 0.3) is 0 Å². The molecule has 0 fully saturated rings. The van der Waals surface area contributed by atoms with Gasteiger partial charge in [0.2, 0.25) is 0 Å². The van der Waals surface area contributed by atoms with E-state index in [0.29, 0.717) is 0 Å². The normalized spacial score (nSPS) is 11.8. The smallest absolute Gasteiger partial charge is 0.261 e. The highest BCUT2D eigenvalue weighted by atomic mass is 79.9. The van der Waals surface area contributed by atoms with Crippen LogP contribution in [-0.4, -0.2) is 11.2 Å². The minimum atomic E-state index is -4.38. The van der Waals surface area contributed by atoms with Crippen molar-refractivity contribution in [2.24, 2.45) is 5.10 Å². The summed E-state index contributed by atoms with van der Waals surface area (Å²) in [6, 6.07) is 9.58. The first-order chi connectivity index (χ1) is 9.45. The van der Waals surface area contributed by atoms with E-state index in [9.17, 15) is 13.2 Å². The number of anilines is 1. The molecule has 2 aromatic rings. The average molecular weight is 344 g/mol. The molecule has 0 radical (unpaired) electrons. The number of alkyl halides is 3. The maximum Gasteiger partial charge on any atom is 0.417 e. The topological polar surface area (TPSA) is 37.3 Å². The maximum absolute atomic E-state index is 12.3. The zero-order valence-electron chi connectivity index (χ0n) is 10.0. The molecule has 3 nitrogen and oxygen atoms in total. The molecule has 0 aliphatic carbocycles. The standard InChI is InChI=1S/C13H9BrF3N3/c14-11-4-1-9(2-5-11)7-19-20-12-6-3-10(8-18-12)13(15,16)17/h1-8H,(H,18,20)/b19-7-. The van der Waals surface area contributed by atoms with E-state index in [1.54, 1.807) is 6.21 Å². The number of pyridine rings is 1. The van der Waals surface area contributed by atoms with Crippen molar-refractivity contribution in [2.45, 2.75) is 6.18 Å². The monoisotopic (exact) mass is 343 g/mol. The fourth-order valence-corrected chi connectivity index (χ4v) is 1.61. The van der Waals surface area contributed by atoms with Gasteiger partial charge < -0.3 is 0 Å². The van der Waals surface area contributed by atoms with E-state index in [1.165, 1.54) is 6.07 Å². The fraction of sp³-hybridized carbons (Fsp3) is 0.0769. The van der Waals surface area contributed by atoms with Gasteiger partial charge in [-0.05, 0) is 29.8 Å². The molecule has 0 atom stereocenters. The Kier molecular flexibility index (Phi) is 4.39. The molecule has 0 unspecified atom stereocenters. The molecule has 0 aliphatic heterocycles. The highest BCUT2D eigenvalue weighted by molar-refractivity contribution is 9.10. The van der Waals surface area contributed by atoms with Crippen LogP contribution in [0.3, 0.4) is 0 Å². The highest BCUT2D eigenvalue weighted by Crippen LogP contribution is 2.28. The summed E-state index contributed by atoms with van der Waals surface area (Å²) in [6.45, 7) is 0. The predicted molar refractivity (Wildman–Crippen MR) is 74.6 cm³/mol. The average Bonchev–Trinajstić information content (AvgIpc) is 2.41. The zero-order valence-corrected chi connectivity index (χ0v) is 11.6. The van der Waals surface area contributed by atoms with E-state index in [4.69, 9.17) is 0 Å². The largest absolute Gasteiger partial charge is 0.417 e. The molecule has 2 rings (SSSR count). The summed E-state index contributed by atoms with van der Waals surface area (Å²) >= 11 is 3.31. The first-order valence-electron chi connectivity index (χ1n) is 5.53. The van der Waals surface area contributed by atoms with Crippen molar-refractivity contribution in [2.75, 3.05) is 5.43 Å². The van der Waals surface area contributed by atoms with Crippen LogP contribution >= 0.6 is 15.9 Å². The van der Waals surface area contributed by atoms with E-state index < -0.39 is 11.7 Å². The first kappa shape index (κ1) is 14.5. The summed E-state index contributed by atoms with van der Waals surface area (Å²) in [7, 11) is 0. The Hall–Kier alpha value is -1.89. The molecule has 0 spiro atoms. The van der Waals surface area contributed by atoms with Crippen LogP contribution in [0.15, 0.2) is 52.2 Å². The van der Waals surface area contributed by atoms with Crippen molar-refractivity contribution in [3.63, 3.8) is 0 Å². The summed E-state index contributed by atoms with van der Waals surface area (Å²) in [5, 5.41) is 3.90. The van der Waals surface area contributed by atoms with Crippen LogP contribution in [0.2, 0.25) is 0 Å². The molecule has 0 saturated heterocycles. The molecular weight excluding hydrogens is 335 g/mol. The molecule has 0 bridgehead atoms. The van der Waals surface area contributed by atoms with Gasteiger partial charge in [-0.25, -0.2) is 4.98 Å². The number of hydrogen-bond donors (Lipinski definition) is 1. The highest BCUT2D eigenvalue weighted by Gasteiger charge is 2.30. The van der Waals surface area contributed by atoms with Crippen LogP contribution in [0.4, 0.5) is 19.0 Å². The molecule has 0 saturated carbocycles. The SMILES string of the molecule is FC(F)(F)c1ccc(N/N=C\c2ccc(Br)cc2)nc1. The Balaban J connectivity index is 1.99. The second kappa shape index (κ2) is 6.04. The maximum atomic E-state index is 12.3. The van der Waals surface area contributed by atoms with E-state index in [1.807, 2.05) is 24.3 Å². The molecular formula is C13H9BrF3N3. The first-order valence-corrected chi connectivity index (χ1v) is 6.32. The van der Waals surface area contributed by atoms with Gasteiger partial charge in [0.05, 0.1) is 11.8 Å². The number of benzene rings is 1. The van der Waals surface area contributed by atoms with Gasteiger partial charge in [-0.15, -0.1) is 0 Å². The van der Waals surface area contributed by atoms with Crippen molar-refractivity contribution >= 4 is 28.0 Å². The van der Waals surface area contributed by atoms with Gasteiger partial charge in [-0.2, -0.15) is 18.3 Å². The second-order valence-corrected chi connectivity index (χ2v) is 4.77. The van der Waals surface area contributed by atoms with E-state index in [-0.39, 0.29) is 5.82 Å². The molecule has 1 N–H and O–H groups in total. The summed E-state index contributed by atoms with van der Waals surface area (Å²) in [4.78, 5) is 3.64.